The van der Waals surface area contributed by atoms with Gasteiger partial charge < -0.3 is 5.32 Å². The molecule has 1 aromatic carbocycles. The number of hydrogen-bond donors (Lipinski definition) is 1. The summed E-state index contributed by atoms with van der Waals surface area (Å²) in [6.45, 7) is 1.64. The van der Waals surface area contributed by atoms with Crippen LogP contribution in [0.3, 0.4) is 0 Å². The summed E-state index contributed by atoms with van der Waals surface area (Å²) < 4.78 is 0. The first kappa shape index (κ1) is 13.3. The summed E-state index contributed by atoms with van der Waals surface area (Å²) in [5.74, 6) is -0.191. The first-order valence-corrected chi connectivity index (χ1v) is 6.29. The molecule has 18 heavy (non-hydrogen) atoms. The summed E-state index contributed by atoms with van der Waals surface area (Å²) in [6, 6.07) is 4.78. The Labute approximate surface area is 115 Å². The van der Waals surface area contributed by atoms with Crippen molar-refractivity contribution in [3.8, 4) is 0 Å². The van der Waals surface area contributed by atoms with Gasteiger partial charge >= 0.3 is 0 Å². The molecule has 2 rings (SSSR count). The predicted molar refractivity (Wildman–Crippen MR) is 70.2 cm³/mol. The van der Waals surface area contributed by atoms with Crippen molar-refractivity contribution < 1.29 is 9.59 Å². The number of nitrogens with one attached hydrogen (secondary N) is 1. The molecule has 0 saturated carbocycles. The van der Waals surface area contributed by atoms with Gasteiger partial charge in [-0.2, -0.15) is 0 Å². The van der Waals surface area contributed by atoms with Gasteiger partial charge in [0, 0.05) is 23.7 Å². The van der Waals surface area contributed by atoms with Crippen LogP contribution < -0.4 is 5.32 Å². The lowest BCUT2D eigenvalue weighted by Gasteiger charge is -2.25. The maximum absolute atomic E-state index is 12.1. The molecule has 6 heteroatoms. The first-order valence-electron chi connectivity index (χ1n) is 5.53. The maximum atomic E-state index is 12.1. The number of hydrogen-bond acceptors (Lipinski definition) is 3. The second-order valence-corrected chi connectivity index (χ2v) is 4.95. The van der Waals surface area contributed by atoms with Crippen LogP contribution in [0.4, 0.5) is 0 Å². The lowest BCUT2D eigenvalue weighted by molar-refractivity contribution is -0.123. The zero-order valence-corrected chi connectivity index (χ0v) is 11.1. The molecular weight excluding hydrogens is 275 g/mol. The molecule has 1 aliphatic rings. The van der Waals surface area contributed by atoms with Crippen LogP contribution in [-0.2, 0) is 4.79 Å². The molecule has 1 heterocycles. The van der Waals surface area contributed by atoms with Gasteiger partial charge in [-0.25, -0.2) is 0 Å². The van der Waals surface area contributed by atoms with E-state index >= 15 is 0 Å². The monoisotopic (exact) mass is 286 g/mol. The molecule has 1 N–H and O–H groups in total. The Balaban J connectivity index is 2.07. The van der Waals surface area contributed by atoms with Crippen molar-refractivity contribution in [1.29, 1.82) is 0 Å². The van der Waals surface area contributed by atoms with E-state index < -0.39 is 0 Å². The minimum atomic E-state index is -0.128. The number of benzene rings is 1. The van der Waals surface area contributed by atoms with Gasteiger partial charge in [-0.05, 0) is 18.2 Å². The highest BCUT2D eigenvalue weighted by atomic mass is 35.5. The maximum Gasteiger partial charge on any atom is 0.234 e. The summed E-state index contributed by atoms with van der Waals surface area (Å²) >= 11 is 11.8. The average Bonchev–Trinajstić information content (AvgIpc) is 2.32. The summed E-state index contributed by atoms with van der Waals surface area (Å²) in [5, 5.41) is 3.56. The normalized spacial score (nSPS) is 16.4. The summed E-state index contributed by atoms with van der Waals surface area (Å²) in [5.41, 5.74) is 0.398. The summed E-state index contributed by atoms with van der Waals surface area (Å²) in [7, 11) is 0. The van der Waals surface area contributed by atoms with Gasteiger partial charge in [-0.1, -0.05) is 23.2 Å². The molecule has 0 spiro atoms. The minimum absolute atomic E-state index is 0.0637. The van der Waals surface area contributed by atoms with Crippen molar-refractivity contribution in [1.82, 2.24) is 10.2 Å². The minimum Gasteiger partial charge on any atom is -0.354 e. The summed E-state index contributed by atoms with van der Waals surface area (Å²) in [4.78, 5) is 25.1. The van der Waals surface area contributed by atoms with Crippen molar-refractivity contribution >= 4 is 34.9 Å². The number of nitrogens with zero attached hydrogens (tertiary/aromatic N) is 1. The van der Waals surface area contributed by atoms with Crippen LogP contribution in [0, 0.1) is 0 Å². The van der Waals surface area contributed by atoms with Crippen molar-refractivity contribution in [2.45, 2.75) is 0 Å². The highest BCUT2D eigenvalue weighted by Gasteiger charge is 2.20. The smallest absolute Gasteiger partial charge is 0.234 e. The second kappa shape index (κ2) is 5.69. The van der Waals surface area contributed by atoms with Gasteiger partial charge in [0.2, 0.25) is 5.91 Å². The third kappa shape index (κ3) is 3.22. The van der Waals surface area contributed by atoms with Crippen LogP contribution in [0.5, 0.6) is 0 Å². The Bertz CT molecular complexity index is 491. The van der Waals surface area contributed by atoms with Gasteiger partial charge in [-0.3, -0.25) is 14.5 Å². The third-order valence-electron chi connectivity index (χ3n) is 2.71. The van der Waals surface area contributed by atoms with Crippen LogP contribution in [0.1, 0.15) is 10.4 Å². The number of halogens is 2. The Kier molecular flexibility index (Phi) is 4.22. The standard InChI is InChI=1S/C12H12Cl2N2O2/c13-8-1-2-10(14)9(5-8)11(17)6-16-4-3-15-12(18)7-16/h1-2,5H,3-4,6-7H2,(H,15,18). The largest absolute Gasteiger partial charge is 0.354 e. The molecule has 1 aliphatic heterocycles. The van der Waals surface area contributed by atoms with E-state index in [0.29, 0.717) is 28.7 Å². The van der Waals surface area contributed by atoms with Crippen molar-refractivity contribution in [3.63, 3.8) is 0 Å². The molecule has 1 saturated heterocycles. The first-order chi connectivity index (χ1) is 8.56. The van der Waals surface area contributed by atoms with Crippen LogP contribution in [0.2, 0.25) is 10.0 Å². The molecule has 0 aliphatic carbocycles. The van der Waals surface area contributed by atoms with Crippen molar-refractivity contribution in [2.24, 2.45) is 0 Å². The SMILES string of the molecule is O=C1CN(CC(=O)c2cc(Cl)ccc2Cl)CCN1. The summed E-state index contributed by atoms with van der Waals surface area (Å²) in [6.07, 6.45) is 0. The molecule has 0 bridgehead atoms. The van der Waals surface area contributed by atoms with E-state index in [1.54, 1.807) is 23.1 Å². The van der Waals surface area contributed by atoms with E-state index in [1.165, 1.54) is 0 Å². The molecule has 1 aromatic rings. The Morgan fingerprint density at radius 1 is 1.39 bits per heavy atom. The zero-order chi connectivity index (χ0) is 13.1. The van der Waals surface area contributed by atoms with Crippen molar-refractivity contribution in [2.75, 3.05) is 26.2 Å². The molecule has 1 fully saturated rings. The van der Waals surface area contributed by atoms with Crippen LogP contribution in [0.25, 0.3) is 0 Å². The van der Waals surface area contributed by atoms with E-state index in [0.717, 1.165) is 0 Å². The van der Waals surface area contributed by atoms with Crippen LogP contribution in [-0.4, -0.2) is 42.8 Å². The van der Waals surface area contributed by atoms with Crippen molar-refractivity contribution in [3.05, 3.63) is 33.8 Å². The predicted octanol–water partition coefficient (Wildman–Crippen LogP) is 1.61. The fourth-order valence-electron chi connectivity index (χ4n) is 1.83. The fourth-order valence-corrected chi connectivity index (χ4v) is 2.22. The van der Waals surface area contributed by atoms with E-state index in [4.69, 9.17) is 23.2 Å². The number of rotatable bonds is 3. The molecule has 4 nitrogen and oxygen atoms in total. The van der Waals surface area contributed by atoms with Crippen LogP contribution in [0.15, 0.2) is 18.2 Å². The Morgan fingerprint density at radius 3 is 2.89 bits per heavy atom. The zero-order valence-electron chi connectivity index (χ0n) is 9.58. The van der Waals surface area contributed by atoms with Crippen LogP contribution >= 0.6 is 23.2 Å². The molecule has 0 aromatic heterocycles. The van der Waals surface area contributed by atoms with E-state index in [1.807, 2.05) is 0 Å². The lowest BCUT2D eigenvalue weighted by atomic mass is 10.1. The molecule has 0 atom stereocenters. The molecule has 0 unspecified atom stereocenters. The molecule has 96 valence electrons. The molecular formula is C12H12Cl2N2O2. The van der Waals surface area contributed by atoms with E-state index in [2.05, 4.69) is 5.32 Å². The number of Topliss-reactive ketones (excluding diaryl/α,β-unsaturated/α-hetero) is 1. The average molecular weight is 287 g/mol. The second-order valence-electron chi connectivity index (χ2n) is 4.11. The third-order valence-corrected chi connectivity index (χ3v) is 3.28. The topological polar surface area (TPSA) is 49.4 Å². The van der Waals surface area contributed by atoms with Gasteiger partial charge in [0.25, 0.3) is 0 Å². The van der Waals surface area contributed by atoms with Gasteiger partial charge in [0.1, 0.15) is 0 Å². The molecule has 1 amide bonds. The fraction of sp³-hybridized carbons (Fsp3) is 0.333. The van der Waals surface area contributed by atoms with Gasteiger partial charge in [-0.15, -0.1) is 0 Å². The number of amides is 1. The Hall–Kier alpha value is -1.10. The highest BCUT2D eigenvalue weighted by molar-refractivity contribution is 6.36. The van der Waals surface area contributed by atoms with Gasteiger partial charge in [0.05, 0.1) is 18.1 Å². The van der Waals surface area contributed by atoms with Gasteiger partial charge in [0.15, 0.2) is 5.78 Å². The number of carbonyl (C=O) groups excluding carboxylic acids is 2. The quantitative estimate of drug-likeness (QED) is 0.859. The highest BCUT2D eigenvalue weighted by Crippen LogP contribution is 2.21. The number of ketones is 1. The molecule has 0 radical (unpaired) electrons. The lowest BCUT2D eigenvalue weighted by Crippen LogP contribution is -2.49. The van der Waals surface area contributed by atoms with E-state index in [-0.39, 0.29) is 24.8 Å². The van der Waals surface area contributed by atoms with E-state index in [9.17, 15) is 9.59 Å². The number of piperazine rings is 1. The number of carbonyl (C=O) groups is 2. The Morgan fingerprint density at radius 2 is 2.17 bits per heavy atom.